The van der Waals surface area contributed by atoms with Gasteiger partial charge in [0, 0.05) is 49.9 Å². The van der Waals surface area contributed by atoms with Gasteiger partial charge in [-0.1, -0.05) is 19.9 Å². The van der Waals surface area contributed by atoms with Gasteiger partial charge in [0.25, 0.3) is 0 Å². The van der Waals surface area contributed by atoms with Crippen LogP contribution in [0, 0.1) is 11.3 Å². The molecule has 1 aromatic carbocycles. The first-order chi connectivity index (χ1) is 12.4. The number of anilines is 1. The molecule has 1 unspecified atom stereocenters. The van der Waals surface area contributed by atoms with Crippen molar-refractivity contribution < 1.29 is 9.53 Å². The molecule has 0 saturated carbocycles. The van der Waals surface area contributed by atoms with Gasteiger partial charge in [-0.05, 0) is 24.6 Å². The number of piperazine rings is 1. The topological polar surface area (TPSA) is 68.6 Å². The average molecular weight is 356 g/mol. The molecular weight excluding hydrogens is 328 g/mol. The molecule has 1 fully saturated rings. The predicted octanol–water partition coefficient (Wildman–Crippen LogP) is 1.49. The summed E-state index contributed by atoms with van der Waals surface area (Å²) in [6, 6.07) is 8.39. The predicted molar refractivity (Wildman–Crippen MR) is 101 cm³/mol. The number of hydrogen-bond donors (Lipinski definition) is 1. The molecule has 6 nitrogen and oxygen atoms in total. The molecule has 0 spiro atoms. The molecule has 2 aliphatic rings. The first-order valence-corrected chi connectivity index (χ1v) is 9.17. The zero-order valence-electron chi connectivity index (χ0n) is 16.1. The fourth-order valence-corrected chi connectivity index (χ4v) is 4.03. The Morgan fingerprint density at radius 1 is 1.46 bits per heavy atom. The lowest BCUT2D eigenvalue weighted by atomic mass is 9.87. The molecule has 2 aliphatic heterocycles. The number of nitriles is 1. The molecule has 2 atom stereocenters. The third-order valence-corrected chi connectivity index (χ3v) is 5.43. The van der Waals surface area contributed by atoms with Crippen LogP contribution in [0.1, 0.15) is 31.9 Å². The SMILES string of the molecule is COC[C@H]1CNC(C)CN1CC(=O)N1CC(C)(C)c2ccc(C#N)cc21. The van der Waals surface area contributed by atoms with Crippen molar-refractivity contribution in [2.24, 2.45) is 0 Å². The van der Waals surface area contributed by atoms with Crippen molar-refractivity contribution in [3.63, 3.8) is 0 Å². The van der Waals surface area contributed by atoms with Gasteiger partial charge in [-0.2, -0.15) is 5.26 Å². The number of benzene rings is 1. The Bertz CT molecular complexity index is 725. The van der Waals surface area contributed by atoms with Gasteiger partial charge in [-0.3, -0.25) is 9.69 Å². The van der Waals surface area contributed by atoms with Crippen molar-refractivity contribution in [2.45, 2.75) is 38.3 Å². The van der Waals surface area contributed by atoms with Gasteiger partial charge in [0.15, 0.2) is 0 Å². The highest BCUT2D eigenvalue weighted by Gasteiger charge is 2.39. The van der Waals surface area contributed by atoms with E-state index in [1.54, 1.807) is 7.11 Å². The second-order valence-corrected chi connectivity index (χ2v) is 8.06. The van der Waals surface area contributed by atoms with Crippen molar-refractivity contribution in [3.05, 3.63) is 29.3 Å². The van der Waals surface area contributed by atoms with Crippen LogP contribution in [0.25, 0.3) is 0 Å². The monoisotopic (exact) mass is 356 g/mol. The molecule has 26 heavy (non-hydrogen) atoms. The maximum absolute atomic E-state index is 13.2. The number of nitrogens with zero attached hydrogens (tertiary/aromatic N) is 3. The minimum atomic E-state index is -0.109. The Hall–Kier alpha value is -1.94. The Labute approximate surface area is 155 Å². The number of rotatable bonds is 4. The Kier molecular flexibility index (Phi) is 5.33. The minimum absolute atomic E-state index is 0.0853. The summed E-state index contributed by atoms with van der Waals surface area (Å²) in [6.45, 7) is 9.68. The summed E-state index contributed by atoms with van der Waals surface area (Å²) < 4.78 is 5.33. The number of carbonyl (C=O) groups is 1. The number of amides is 1. The van der Waals surface area contributed by atoms with Crippen molar-refractivity contribution in [2.75, 3.05) is 44.8 Å². The van der Waals surface area contributed by atoms with Gasteiger partial charge in [0.1, 0.15) is 0 Å². The van der Waals surface area contributed by atoms with Crippen LogP contribution in [0.15, 0.2) is 18.2 Å². The fourth-order valence-electron chi connectivity index (χ4n) is 4.03. The first kappa shape index (κ1) is 18.8. The molecule has 0 aromatic heterocycles. The van der Waals surface area contributed by atoms with Crippen LogP contribution in [0.3, 0.4) is 0 Å². The third kappa shape index (κ3) is 3.61. The molecule has 1 amide bonds. The number of nitrogens with one attached hydrogen (secondary N) is 1. The standard InChI is InChI=1S/C20H28N4O2/c1-14-10-23(16(9-22-14)12-26-4)11-19(25)24-13-20(2,3)17-6-5-15(8-21)7-18(17)24/h5-7,14,16,22H,9-13H2,1-4H3/t14?,16-/m1/s1. The quantitative estimate of drug-likeness (QED) is 0.885. The van der Waals surface area contributed by atoms with Crippen LogP contribution in [0.4, 0.5) is 5.69 Å². The van der Waals surface area contributed by atoms with E-state index in [0.717, 1.165) is 24.3 Å². The second kappa shape index (κ2) is 7.36. The minimum Gasteiger partial charge on any atom is -0.383 e. The molecule has 1 aromatic rings. The van der Waals surface area contributed by atoms with Crippen LogP contribution >= 0.6 is 0 Å². The van der Waals surface area contributed by atoms with Gasteiger partial charge < -0.3 is 15.0 Å². The van der Waals surface area contributed by atoms with Crippen molar-refractivity contribution >= 4 is 11.6 Å². The van der Waals surface area contributed by atoms with E-state index in [2.05, 4.69) is 37.1 Å². The first-order valence-electron chi connectivity index (χ1n) is 9.17. The molecule has 0 aliphatic carbocycles. The van der Waals surface area contributed by atoms with E-state index in [4.69, 9.17) is 4.74 Å². The number of hydrogen-bond acceptors (Lipinski definition) is 5. The summed E-state index contributed by atoms with van der Waals surface area (Å²) in [7, 11) is 1.70. The molecule has 6 heteroatoms. The highest BCUT2D eigenvalue weighted by atomic mass is 16.5. The largest absolute Gasteiger partial charge is 0.383 e. The van der Waals surface area contributed by atoms with Crippen molar-refractivity contribution in [1.82, 2.24) is 10.2 Å². The summed E-state index contributed by atoms with van der Waals surface area (Å²) >= 11 is 0. The van der Waals surface area contributed by atoms with Gasteiger partial charge in [-0.15, -0.1) is 0 Å². The molecule has 2 heterocycles. The lowest BCUT2D eigenvalue weighted by Gasteiger charge is -2.39. The molecule has 140 valence electrons. The van der Waals surface area contributed by atoms with E-state index in [1.807, 2.05) is 23.1 Å². The smallest absolute Gasteiger partial charge is 0.241 e. The Morgan fingerprint density at radius 2 is 2.23 bits per heavy atom. The number of carbonyl (C=O) groups excluding carboxylic acids is 1. The van der Waals surface area contributed by atoms with E-state index in [0.29, 0.717) is 31.3 Å². The maximum atomic E-state index is 13.2. The molecular formula is C20H28N4O2. The van der Waals surface area contributed by atoms with E-state index in [1.165, 1.54) is 0 Å². The van der Waals surface area contributed by atoms with Crippen molar-refractivity contribution in [1.29, 1.82) is 5.26 Å². The van der Waals surface area contributed by atoms with Crippen LogP contribution in [0.5, 0.6) is 0 Å². The van der Waals surface area contributed by atoms with Gasteiger partial charge in [0.2, 0.25) is 5.91 Å². The molecule has 0 bridgehead atoms. The number of methoxy groups -OCH3 is 1. The zero-order chi connectivity index (χ0) is 18.9. The van der Waals surface area contributed by atoms with Crippen LogP contribution in [-0.4, -0.2) is 62.8 Å². The highest BCUT2D eigenvalue weighted by molar-refractivity contribution is 5.97. The summed E-state index contributed by atoms with van der Waals surface area (Å²) in [6.07, 6.45) is 0. The maximum Gasteiger partial charge on any atom is 0.241 e. The molecule has 1 saturated heterocycles. The summed E-state index contributed by atoms with van der Waals surface area (Å²) in [5.74, 6) is 0.0853. The average Bonchev–Trinajstić information content (AvgIpc) is 2.88. The summed E-state index contributed by atoms with van der Waals surface area (Å²) in [4.78, 5) is 17.2. The van der Waals surface area contributed by atoms with Crippen LogP contribution in [0.2, 0.25) is 0 Å². The Morgan fingerprint density at radius 3 is 2.92 bits per heavy atom. The van der Waals surface area contributed by atoms with E-state index in [9.17, 15) is 10.1 Å². The number of ether oxygens (including phenoxy) is 1. The van der Waals surface area contributed by atoms with Gasteiger partial charge in [-0.25, -0.2) is 0 Å². The molecule has 0 radical (unpaired) electrons. The van der Waals surface area contributed by atoms with E-state index >= 15 is 0 Å². The molecule has 1 N–H and O–H groups in total. The third-order valence-electron chi connectivity index (χ3n) is 5.43. The van der Waals surface area contributed by atoms with Gasteiger partial charge in [0.05, 0.1) is 24.8 Å². The number of fused-ring (bicyclic) bond motifs is 1. The van der Waals surface area contributed by atoms with Crippen LogP contribution in [-0.2, 0) is 14.9 Å². The fraction of sp³-hybridized carbons (Fsp3) is 0.600. The van der Waals surface area contributed by atoms with Crippen molar-refractivity contribution in [3.8, 4) is 6.07 Å². The summed E-state index contributed by atoms with van der Waals surface area (Å²) in [5, 5.41) is 12.7. The van der Waals surface area contributed by atoms with E-state index in [-0.39, 0.29) is 17.4 Å². The van der Waals surface area contributed by atoms with Gasteiger partial charge >= 0.3 is 0 Å². The zero-order valence-corrected chi connectivity index (χ0v) is 16.1. The highest BCUT2D eigenvalue weighted by Crippen LogP contribution is 2.41. The van der Waals surface area contributed by atoms with Crippen LogP contribution < -0.4 is 10.2 Å². The second-order valence-electron chi connectivity index (χ2n) is 8.06. The molecule has 3 rings (SSSR count). The van der Waals surface area contributed by atoms with E-state index < -0.39 is 0 Å². The summed E-state index contributed by atoms with van der Waals surface area (Å²) in [5.41, 5.74) is 2.49. The normalized spacial score (nSPS) is 25.0. The lowest BCUT2D eigenvalue weighted by Crippen LogP contribution is -2.59. The lowest BCUT2D eigenvalue weighted by molar-refractivity contribution is -0.121. The Balaban J connectivity index is 1.81.